The summed E-state index contributed by atoms with van der Waals surface area (Å²) in [6.45, 7) is 3.60. The van der Waals surface area contributed by atoms with Crippen LogP contribution in [-0.2, 0) is 19.2 Å². The summed E-state index contributed by atoms with van der Waals surface area (Å²) >= 11 is 0. The molecule has 0 aromatic carbocycles. The third kappa shape index (κ3) is 2.37. The van der Waals surface area contributed by atoms with Crippen molar-refractivity contribution >= 4 is 23.4 Å². The van der Waals surface area contributed by atoms with Crippen molar-refractivity contribution in [2.75, 3.05) is 0 Å². The van der Waals surface area contributed by atoms with E-state index in [0.717, 1.165) is 11.8 Å². The lowest BCUT2D eigenvalue weighted by atomic mass is 9.89. The highest BCUT2D eigenvalue weighted by atomic mass is 16.4. The molecule has 0 aromatic rings. The lowest BCUT2D eigenvalue weighted by Crippen LogP contribution is -2.35. The summed E-state index contributed by atoms with van der Waals surface area (Å²) in [5.41, 5.74) is -0.606. The molecule has 96 valence electrons. The van der Waals surface area contributed by atoms with Crippen molar-refractivity contribution in [3.8, 4) is 0 Å². The number of aliphatic carboxylic acids is 1. The number of allylic oxidation sites excluding steroid dienone is 2. The Labute approximate surface area is 104 Å². The largest absolute Gasteiger partial charge is 0.478 e. The molecule has 0 aromatic heterocycles. The molecule has 1 aliphatic rings. The van der Waals surface area contributed by atoms with Gasteiger partial charge in [0.05, 0.1) is 11.5 Å². The van der Waals surface area contributed by atoms with Crippen molar-refractivity contribution in [3.05, 3.63) is 23.5 Å². The van der Waals surface area contributed by atoms with Crippen LogP contribution in [0.4, 0.5) is 0 Å². The number of hydrogen-bond acceptors (Lipinski definition) is 4. The Morgan fingerprint density at radius 1 is 1.17 bits per heavy atom. The van der Waals surface area contributed by atoms with Gasteiger partial charge >= 0.3 is 5.97 Å². The molecular formula is C12H13NO5. The molecule has 1 amide bonds. The maximum absolute atomic E-state index is 11.5. The zero-order valence-electron chi connectivity index (χ0n) is 10.3. The van der Waals surface area contributed by atoms with Crippen molar-refractivity contribution in [1.29, 1.82) is 0 Å². The number of Topliss-reactive ketones (excluding diaryl/α,β-unsaturated/α-hetero) is 2. The van der Waals surface area contributed by atoms with E-state index in [9.17, 15) is 19.2 Å². The van der Waals surface area contributed by atoms with Gasteiger partial charge in [0.1, 0.15) is 11.5 Å². The highest BCUT2D eigenvalue weighted by Gasteiger charge is 2.34. The fourth-order valence-corrected chi connectivity index (χ4v) is 1.81. The van der Waals surface area contributed by atoms with Crippen molar-refractivity contribution in [2.45, 2.75) is 20.8 Å². The maximum atomic E-state index is 11.5. The van der Waals surface area contributed by atoms with Gasteiger partial charge in [-0.25, -0.2) is 4.79 Å². The van der Waals surface area contributed by atoms with E-state index in [1.54, 1.807) is 0 Å². The first-order chi connectivity index (χ1) is 8.27. The zero-order chi connectivity index (χ0) is 14.0. The number of carboxylic acid groups (broad SMARTS) is 1. The molecule has 6 heteroatoms. The monoisotopic (exact) mass is 251 g/mol. The Balaban J connectivity index is 3.50. The summed E-state index contributed by atoms with van der Waals surface area (Å²) in [7, 11) is 0. The van der Waals surface area contributed by atoms with Crippen molar-refractivity contribution in [2.24, 2.45) is 5.92 Å². The van der Waals surface area contributed by atoms with Gasteiger partial charge in [0.2, 0.25) is 5.91 Å². The lowest BCUT2D eigenvalue weighted by molar-refractivity contribution is -0.135. The fraction of sp³-hybridized carbons (Fsp3) is 0.333. The minimum Gasteiger partial charge on any atom is -0.478 e. The van der Waals surface area contributed by atoms with Gasteiger partial charge in [0.25, 0.3) is 0 Å². The molecule has 0 bridgehead atoms. The average molecular weight is 251 g/mol. The van der Waals surface area contributed by atoms with E-state index in [1.165, 1.54) is 26.1 Å². The van der Waals surface area contributed by atoms with Crippen LogP contribution in [0.1, 0.15) is 20.8 Å². The first-order valence-corrected chi connectivity index (χ1v) is 5.24. The maximum Gasteiger partial charge on any atom is 0.334 e. The number of hydrogen-bond donors (Lipinski definition) is 1. The predicted octanol–water partition coefficient (Wildman–Crippen LogP) is 0.495. The summed E-state index contributed by atoms with van der Waals surface area (Å²) in [6, 6.07) is 0. The first-order valence-electron chi connectivity index (χ1n) is 5.24. The van der Waals surface area contributed by atoms with Gasteiger partial charge in [0, 0.05) is 20.0 Å². The summed E-state index contributed by atoms with van der Waals surface area (Å²) < 4.78 is 0. The molecule has 0 aliphatic carbocycles. The number of rotatable bonds is 3. The number of ketones is 2. The highest BCUT2D eigenvalue weighted by Crippen LogP contribution is 2.27. The molecule has 18 heavy (non-hydrogen) atoms. The molecule has 0 saturated carbocycles. The fourth-order valence-electron chi connectivity index (χ4n) is 1.81. The molecule has 0 fully saturated rings. The molecule has 1 aliphatic heterocycles. The molecule has 1 rings (SSSR count). The summed E-state index contributed by atoms with van der Waals surface area (Å²) in [5, 5.41) is 9.14. The Hall–Kier alpha value is -2.24. The van der Waals surface area contributed by atoms with Crippen LogP contribution in [0, 0.1) is 5.92 Å². The van der Waals surface area contributed by atoms with E-state index in [1.807, 2.05) is 0 Å². The second kappa shape index (κ2) is 4.95. The molecule has 1 atom stereocenters. The van der Waals surface area contributed by atoms with Crippen LogP contribution in [0.3, 0.4) is 0 Å². The molecule has 0 radical (unpaired) electrons. The summed E-state index contributed by atoms with van der Waals surface area (Å²) in [5.74, 6) is -3.84. The van der Waals surface area contributed by atoms with Gasteiger partial charge < -0.3 is 5.11 Å². The smallest absolute Gasteiger partial charge is 0.334 e. The lowest BCUT2D eigenvalue weighted by Gasteiger charge is -2.27. The van der Waals surface area contributed by atoms with Crippen LogP contribution in [0.2, 0.25) is 0 Å². The summed E-state index contributed by atoms with van der Waals surface area (Å²) in [4.78, 5) is 46.5. The Kier molecular flexibility index (Phi) is 3.80. The Morgan fingerprint density at radius 2 is 1.72 bits per heavy atom. The van der Waals surface area contributed by atoms with Gasteiger partial charge in [0.15, 0.2) is 5.78 Å². The minimum atomic E-state index is -1.38. The van der Waals surface area contributed by atoms with E-state index in [-0.39, 0.29) is 11.3 Å². The first kappa shape index (κ1) is 13.8. The topological polar surface area (TPSA) is 91.8 Å². The van der Waals surface area contributed by atoms with Crippen molar-refractivity contribution in [1.82, 2.24) is 4.90 Å². The molecule has 0 saturated heterocycles. The quantitative estimate of drug-likeness (QED) is 0.788. The molecular weight excluding hydrogens is 238 g/mol. The van der Waals surface area contributed by atoms with Gasteiger partial charge in [-0.1, -0.05) is 6.08 Å². The molecule has 1 heterocycles. The van der Waals surface area contributed by atoms with Crippen molar-refractivity contribution < 1.29 is 24.3 Å². The third-order valence-corrected chi connectivity index (χ3v) is 2.58. The van der Waals surface area contributed by atoms with Crippen molar-refractivity contribution in [3.63, 3.8) is 0 Å². The van der Waals surface area contributed by atoms with Crippen LogP contribution >= 0.6 is 0 Å². The van der Waals surface area contributed by atoms with Crippen LogP contribution in [-0.4, -0.2) is 33.4 Å². The number of carboxylic acids is 1. The molecule has 0 spiro atoms. The second-order valence-electron chi connectivity index (χ2n) is 3.94. The normalized spacial score (nSPS) is 18.8. The van der Waals surface area contributed by atoms with Gasteiger partial charge in [-0.05, 0) is 6.92 Å². The SMILES string of the molecule is CC(=O)C1=C(C(=O)O)C(C(C)=O)C=CN1C(C)=O. The number of carbonyl (C=O) groups is 4. The van der Waals surface area contributed by atoms with Crippen LogP contribution in [0.15, 0.2) is 23.5 Å². The van der Waals surface area contributed by atoms with Crippen LogP contribution in [0.5, 0.6) is 0 Å². The molecule has 6 nitrogen and oxygen atoms in total. The van der Waals surface area contributed by atoms with Crippen LogP contribution in [0.25, 0.3) is 0 Å². The highest BCUT2D eigenvalue weighted by molar-refractivity contribution is 6.08. The standard InChI is InChI=1S/C12H13NO5/c1-6(14)9-4-5-13(8(3)16)11(7(2)15)10(9)12(17)18/h4-5,9H,1-3H3,(H,17,18). The van der Waals surface area contributed by atoms with E-state index in [4.69, 9.17) is 5.11 Å². The average Bonchev–Trinajstić information content (AvgIpc) is 2.26. The molecule has 1 unspecified atom stereocenters. The van der Waals surface area contributed by atoms with Crippen LogP contribution < -0.4 is 0 Å². The third-order valence-electron chi connectivity index (χ3n) is 2.58. The minimum absolute atomic E-state index is 0.252. The number of nitrogens with zero attached hydrogens (tertiary/aromatic N) is 1. The second-order valence-corrected chi connectivity index (χ2v) is 3.94. The predicted molar refractivity (Wildman–Crippen MR) is 61.2 cm³/mol. The number of amides is 1. The van der Waals surface area contributed by atoms with E-state index < -0.39 is 29.4 Å². The molecule has 1 N–H and O–H groups in total. The summed E-state index contributed by atoms with van der Waals surface area (Å²) in [6.07, 6.45) is 2.57. The van der Waals surface area contributed by atoms with E-state index in [2.05, 4.69) is 0 Å². The van der Waals surface area contributed by atoms with Gasteiger partial charge in [-0.15, -0.1) is 0 Å². The Morgan fingerprint density at radius 3 is 2.06 bits per heavy atom. The Bertz CT molecular complexity index is 457. The number of carbonyl (C=O) groups excluding carboxylic acids is 3. The van der Waals surface area contributed by atoms with E-state index in [0.29, 0.717) is 0 Å². The van der Waals surface area contributed by atoms with E-state index >= 15 is 0 Å². The van der Waals surface area contributed by atoms with Gasteiger partial charge in [-0.2, -0.15) is 0 Å². The van der Waals surface area contributed by atoms with Gasteiger partial charge in [-0.3, -0.25) is 19.3 Å². The zero-order valence-corrected chi connectivity index (χ0v) is 10.3.